The van der Waals surface area contributed by atoms with Gasteiger partial charge in [0.05, 0.1) is 10.7 Å². The summed E-state index contributed by atoms with van der Waals surface area (Å²) in [6, 6.07) is 11.9. The first kappa shape index (κ1) is 18.9. The van der Waals surface area contributed by atoms with Crippen molar-refractivity contribution in [2.45, 2.75) is 32.4 Å². The summed E-state index contributed by atoms with van der Waals surface area (Å²) in [5.41, 5.74) is 1.58. The van der Waals surface area contributed by atoms with Crippen molar-refractivity contribution >= 4 is 39.1 Å². The molecule has 0 aliphatic carbocycles. The van der Waals surface area contributed by atoms with E-state index in [4.69, 9.17) is 11.6 Å². The van der Waals surface area contributed by atoms with Crippen molar-refractivity contribution in [1.29, 1.82) is 0 Å². The SMILES string of the molecule is CC[C@@H]([NH2+][C@H](C)C(=O)Nc1ccc(F)cc1Cl)c1ccc(Br)cc1. The maximum absolute atomic E-state index is 13.1. The van der Waals surface area contributed by atoms with E-state index in [0.29, 0.717) is 5.69 Å². The molecule has 0 saturated heterocycles. The Bertz CT molecular complexity index is 709. The lowest BCUT2D eigenvalue weighted by Crippen LogP contribution is -2.92. The summed E-state index contributed by atoms with van der Waals surface area (Å²) in [4.78, 5) is 12.4. The van der Waals surface area contributed by atoms with Gasteiger partial charge in [0, 0.05) is 16.5 Å². The Balaban J connectivity index is 2.02. The van der Waals surface area contributed by atoms with Gasteiger partial charge in [0.1, 0.15) is 11.9 Å². The number of carbonyl (C=O) groups is 1. The van der Waals surface area contributed by atoms with Gasteiger partial charge in [-0.3, -0.25) is 4.79 Å². The zero-order valence-electron chi connectivity index (χ0n) is 13.5. The average Bonchev–Trinajstić information content (AvgIpc) is 2.55. The summed E-state index contributed by atoms with van der Waals surface area (Å²) in [5, 5.41) is 4.97. The molecule has 0 bridgehead atoms. The molecule has 0 spiro atoms. The second kappa shape index (κ2) is 8.60. The molecule has 3 nitrogen and oxygen atoms in total. The van der Waals surface area contributed by atoms with Gasteiger partial charge in [-0.25, -0.2) is 4.39 Å². The van der Waals surface area contributed by atoms with Crippen molar-refractivity contribution in [1.82, 2.24) is 0 Å². The Morgan fingerprint density at radius 3 is 2.54 bits per heavy atom. The maximum atomic E-state index is 13.1. The smallest absolute Gasteiger partial charge is 0.282 e. The van der Waals surface area contributed by atoms with Crippen LogP contribution < -0.4 is 10.6 Å². The number of anilines is 1. The van der Waals surface area contributed by atoms with Crippen molar-refractivity contribution in [2.24, 2.45) is 0 Å². The summed E-state index contributed by atoms with van der Waals surface area (Å²) in [6.45, 7) is 3.93. The van der Waals surface area contributed by atoms with E-state index in [9.17, 15) is 9.18 Å². The minimum Gasteiger partial charge on any atom is -0.330 e. The number of benzene rings is 2. The molecule has 2 rings (SSSR count). The quantitative estimate of drug-likeness (QED) is 0.728. The fraction of sp³-hybridized carbons (Fsp3) is 0.278. The monoisotopic (exact) mass is 413 g/mol. The van der Waals surface area contributed by atoms with Gasteiger partial charge in [0.25, 0.3) is 5.91 Å². The number of nitrogens with one attached hydrogen (secondary N) is 1. The first-order chi connectivity index (χ1) is 11.4. The van der Waals surface area contributed by atoms with Crippen molar-refractivity contribution in [3.8, 4) is 0 Å². The molecule has 0 aliphatic rings. The summed E-state index contributed by atoms with van der Waals surface area (Å²) >= 11 is 9.38. The fourth-order valence-electron chi connectivity index (χ4n) is 2.47. The zero-order chi connectivity index (χ0) is 17.7. The van der Waals surface area contributed by atoms with E-state index < -0.39 is 5.82 Å². The average molecular weight is 415 g/mol. The van der Waals surface area contributed by atoms with Gasteiger partial charge in [0.15, 0.2) is 6.04 Å². The van der Waals surface area contributed by atoms with Gasteiger partial charge in [-0.15, -0.1) is 0 Å². The molecule has 2 aromatic rings. The van der Waals surface area contributed by atoms with Crippen molar-refractivity contribution < 1.29 is 14.5 Å². The minimum atomic E-state index is -0.432. The molecule has 0 heterocycles. The summed E-state index contributed by atoms with van der Waals surface area (Å²) in [6.07, 6.45) is 0.899. The van der Waals surface area contributed by atoms with Crippen LogP contribution >= 0.6 is 27.5 Å². The summed E-state index contributed by atoms with van der Waals surface area (Å²) < 4.78 is 14.1. The third-order valence-corrected chi connectivity index (χ3v) is 4.70. The predicted octanol–water partition coefficient (Wildman–Crippen LogP) is 4.28. The van der Waals surface area contributed by atoms with E-state index in [1.165, 1.54) is 23.8 Å². The van der Waals surface area contributed by atoms with Crippen LogP contribution in [0.2, 0.25) is 5.02 Å². The highest BCUT2D eigenvalue weighted by atomic mass is 79.9. The first-order valence-electron chi connectivity index (χ1n) is 7.77. The van der Waals surface area contributed by atoms with Crippen LogP contribution in [0, 0.1) is 5.82 Å². The molecule has 6 heteroatoms. The topological polar surface area (TPSA) is 45.7 Å². The van der Waals surface area contributed by atoms with Crippen LogP contribution in [-0.2, 0) is 4.79 Å². The van der Waals surface area contributed by atoms with E-state index >= 15 is 0 Å². The van der Waals surface area contributed by atoms with Gasteiger partial charge >= 0.3 is 0 Å². The van der Waals surface area contributed by atoms with Crippen molar-refractivity contribution in [3.05, 3.63) is 63.3 Å². The number of carbonyl (C=O) groups excluding carboxylic acids is 1. The van der Waals surface area contributed by atoms with E-state index in [1.54, 1.807) is 0 Å². The van der Waals surface area contributed by atoms with Crippen LogP contribution in [0.3, 0.4) is 0 Å². The number of rotatable bonds is 6. The molecule has 1 amide bonds. The number of quaternary nitrogens is 1. The van der Waals surface area contributed by atoms with E-state index in [2.05, 4.69) is 40.3 Å². The van der Waals surface area contributed by atoms with Gasteiger partial charge in [-0.05, 0) is 37.3 Å². The Kier molecular flexibility index (Phi) is 6.78. The molecule has 0 radical (unpaired) electrons. The zero-order valence-corrected chi connectivity index (χ0v) is 15.9. The molecule has 0 aliphatic heterocycles. The maximum Gasteiger partial charge on any atom is 0.282 e. The Morgan fingerprint density at radius 2 is 1.96 bits per heavy atom. The number of hydrogen-bond donors (Lipinski definition) is 2. The highest BCUT2D eigenvalue weighted by molar-refractivity contribution is 9.10. The Morgan fingerprint density at radius 1 is 1.29 bits per heavy atom. The van der Waals surface area contributed by atoms with Crippen LogP contribution in [0.5, 0.6) is 0 Å². The van der Waals surface area contributed by atoms with Crippen LogP contribution in [0.25, 0.3) is 0 Å². The van der Waals surface area contributed by atoms with E-state index in [-0.39, 0.29) is 23.0 Å². The fourth-order valence-corrected chi connectivity index (χ4v) is 2.94. The summed E-state index contributed by atoms with van der Waals surface area (Å²) in [5.74, 6) is -0.599. The molecule has 0 aromatic heterocycles. The third kappa shape index (κ3) is 5.03. The van der Waals surface area contributed by atoms with Gasteiger partial charge in [0.2, 0.25) is 0 Å². The molecule has 24 heavy (non-hydrogen) atoms. The molecule has 0 unspecified atom stereocenters. The Labute approximate surface area is 154 Å². The molecule has 0 fully saturated rings. The molecule has 2 atom stereocenters. The van der Waals surface area contributed by atoms with Gasteiger partial charge in [-0.2, -0.15) is 0 Å². The molecule has 2 aromatic carbocycles. The van der Waals surface area contributed by atoms with Gasteiger partial charge < -0.3 is 10.6 Å². The second-order valence-corrected chi connectivity index (χ2v) is 6.98. The van der Waals surface area contributed by atoms with Crippen LogP contribution in [0.4, 0.5) is 10.1 Å². The minimum absolute atomic E-state index is 0.168. The third-order valence-electron chi connectivity index (χ3n) is 3.86. The highest BCUT2D eigenvalue weighted by Crippen LogP contribution is 2.22. The molecular formula is C18H20BrClFN2O+. The molecule has 128 valence electrons. The molecule has 3 N–H and O–H groups in total. The standard InChI is InChI=1S/C18H19BrClFN2O/c1-3-16(12-4-6-13(19)7-5-12)22-11(2)18(24)23-17-9-8-14(21)10-15(17)20/h4-11,16,22H,3H2,1-2H3,(H,23,24)/p+1/t11-,16-/m1/s1. The normalized spacial score (nSPS) is 13.4. The Hall–Kier alpha value is -1.43. The molecular weight excluding hydrogens is 395 g/mol. The van der Waals surface area contributed by atoms with Crippen LogP contribution in [-0.4, -0.2) is 11.9 Å². The van der Waals surface area contributed by atoms with E-state index in [1.807, 2.05) is 24.4 Å². The van der Waals surface area contributed by atoms with Crippen LogP contribution in [0.15, 0.2) is 46.9 Å². The van der Waals surface area contributed by atoms with Crippen molar-refractivity contribution in [3.63, 3.8) is 0 Å². The lowest BCUT2D eigenvalue weighted by atomic mass is 10.0. The number of halogens is 3. The van der Waals surface area contributed by atoms with E-state index in [0.717, 1.165) is 10.9 Å². The van der Waals surface area contributed by atoms with Crippen molar-refractivity contribution in [2.75, 3.05) is 5.32 Å². The highest BCUT2D eigenvalue weighted by Gasteiger charge is 2.22. The largest absolute Gasteiger partial charge is 0.330 e. The molecule has 0 saturated carbocycles. The number of amides is 1. The number of nitrogens with two attached hydrogens (primary N) is 1. The number of hydrogen-bond acceptors (Lipinski definition) is 1. The first-order valence-corrected chi connectivity index (χ1v) is 8.94. The lowest BCUT2D eigenvalue weighted by molar-refractivity contribution is -0.713. The predicted molar refractivity (Wildman–Crippen MR) is 98.6 cm³/mol. The van der Waals surface area contributed by atoms with Gasteiger partial charge in [-0.1, -0.05) is 46.6 Å². The second-order valence-electron chi connectivity index (χ2n) is 5.66. The van der Waals surface area contributed by atoms with Crippen LogP contribution in [0.1, 0.15) is 31.9 Å². The lowest BCUT2D eigenvalue weighted by Gasteiger charge is -2.19. The summed E-state index contributed by atoms with van der Waals surface area (Å²) in [7, 11) is 0.